The van der Waals surface area contributed by atoms with Crippen LogP contribution >= 0.6 is 11.8 Å². The van der Waals surface area contributed by atoms with Crippen LogP contribution in [0.25, 0.3) is 0 Å². The topological polar surface area (TPSA) is 38.3 Å². The summed E-state index contributed by atoms with van der Waals surface area (Å²) < 4.78 is 32.2. The first-order valence-electron chi connectivity index (χ1n) is 6.05. The number of carbonyl (C=O) groups excluding carboxylic acids is 1. The maximum absolute atomic E-state index is 13.7. The first kappa shape index (κ1) is 15.9. The Morgan fingerprint density at radius 3 is 2.47 bits per heavy atom. The Hall–Kier alpha value is -1.14. The minimum absolute atomic E-state index is 0.103. The molecule has 1 rings (SSSR count). The van der Waals surface area contributed by atoms with Crippen LogP contribution in [0.4, 0.5) is 8.78 Å². The fraction of sp³-hybridized carbons (Fsp3) is 0.462. The lowest BCUT2D eigenvalue weighted by Gasteiger charge is -2.08. The zero-order valence-corrected chi connectivity index (χ0v) is 11.8. The first-order valence-corrected chi connectivity index (χ1v) is 7.04. The van der Waals surface area contributed by atoms with E-state index in [1.165, 1.54) is 12.1 Å². The molecule has 3 nitrogen and oxygen atoms in total. The highest BCUT2D eigenvalue weighted by Crippen LogP contribution is 2.26. The van der Waals surface area contributed by atoms with E-state index >= 15 is 0 Å². The third kappa shape index (κ3) is 5.16. The number of nitrogens with one attached hydrogen (secondary N) is 1. The number of ether oxygens (including phenoxy) is 1. The normalized spacial score (nSPS) is 10.5. The van der Waals surface area contributed by atoms with Crippen LogP contribution in [0.2, 0.25) is 0 Å². The minimum atomic E-state index is -0.651. The molecule has 0 aliphatic carbocycles. The van der Waals surface area contributed by atoms with E-state index in [4.69, 9.17) is 4.74 Å². The van der Waals surface area contributed by atoms with Gasteiger partial charge in [0, 0.05) is 6.54 Å². The van der Waals surface area contributed by atoms with Gasteiger partial charge < -0.3 is 10.1 Å². The zero-order valence-electron chi connectivity index (χ0n) is 11.0. The predicted octanol–water partition coefficient (Wildman–Crippen LogP) is 2.73. The van der Waals surface area contributed by atoms with Crippen molar-refractivity contribution in [3.8, 4) is 0 Å². The molecular weight excluding hydrogens is 272 g/mol. The lowest BCUT2D eigenvalue weighted by molar-refractivity contribution is -0.139. The standard InChI is InChI=1S/C13H17F2NO2S/c1-3-16-7-9-5-10(14)13(11(15)6-9)19-8-12(17)18-4-2/h5-6,16H,3-4,7-8H2,1-2H3. The Balaban J connectivity index is 2.71. The van der Waals surface area contributed by atoms with Crippen LogP contribution in [-0.2, 0) is 16.1 Å². The third-order valence-electron chi connectivity index (χ3n) is 2.28. The van der Waals surface area contributed by atoms with Gasteiger partial charge in [-0.15, -0.1) is 11.8 Å². The quantitative estimate of drug-likeness (QED) is 0.619. The van der Waals surface area contributed by atoms with Crippen molar-refractivity contribution >= 4 is 17.7 Å². The van der Waals surface area contributed by atoms with E-state index in [0.29, 0.717) is 12.1 Å². The molecule has 19 heavy (non-hydrogen) atoms. The maximum Gasteiger partial charge on any atom is 0.316 e. The molecular formula is C13H17F2NO2S. The number of hydrogen-bond donors (Lipinski definition) is 1. The lowest BCUT2D eigenvalue weighted by Crippen LogP contribution is -2.12. The zero-order chi connectivity index (χ0) is 14.3. The summed E-state index contributed by atoms with van der Waals surface area (Å²) in [5.74, 6) is -1.89. The molecule has 0 saturated carbocycles. The van der Waals surface area contributed by atoms with Crippen LogP contribution < -0.4 is 5.32 Å². The van der Waals surface area contributed by atoms with Gasteiger partial charge in [0.15, 0.2) is 0 Å². The molecule has 0 spiro atoms. The Morgan fingerprint density at radius 2 is 1.95 bits per heavy atom. The second kappa shape index (κ2) is 8.12. The monoisotopic (exact) mass is 289 g/mol. The smallest absolute Gasteiger partial charge is 0.316 e. The van der Waals surface area contributed by atoms with E-state index in [1.54, 1.807) is 6.92 Å². The van der Waals surface area contributed by atoms with Crippen molar-refractivity contribution in [1.82, 2.24) is 5.32 Å². The number of hydrogen-bond acceptors (Lipinski definition) is 4. The summed E-state index contributed by atoms with van der Waals surface area (Å²) in [5.41, 5.74) is 0.539. The molecule has 6 heteroatoms. The van der Waals surface area contributed by atoms with E-state index in [0.717, 1.165) is 18.3 Å². The highest BCUT2D eigenvalue weighted by molar-refractivity contribution is 8.00. The van der Waals surface area contributed by atoms with E-state index in [9.17, 15) is 13.6 Å². The Morgan fingerprint density at radius 1 is 1.32 bits per heavy atom. The predicted molar refractivity (Wildman–Crippen MR) is 71.1 cm³/mol. The maximum atomic E-state index is 13.7. The van der Waals surface area contributed by atoms with Gasteiger partial charge >= 0.3 is 5.97 Å². The van der Waals surface area contributed by atoms with E-state index in [1.807, 2.05) is 6.92 Å². The summed E-state index contributed by atoms with van der Waals surface area (Å²) in [6.45, 7) is 4.98. The molecule has 0 radical (unpaired) electrons. The molecule has 1 N–H and O–H groups in total. The molecule has 0 fully saturated rings. The fourth-order valence-corrected chi connectivity index (χ4v) is 2.19. The molecule has 0 bridgehead atoms. The average Bonchev–Trinajstić information content (AvgIpc) is 2.35. The molecule has 0 atom stereocenters. The molecule has 0 aliphatic rings. The molecule has 0 amide bonds. The van der Waals surface area contributed by atoms with Gasteiger partial charge in [0.25, 0.3) is 0 Å². The van der Waals surface area contributed by atoms with Crippen molar-refractivity contribution < 1.29 is 18.3 Å². The minimum Gasteiger partial charge on any atom is -0.465 e. The highest BCUT2D eigenvalue weighted by atomic mass is 32.2. The largest absolute Gasteiger partial charge is 0.465 e. The van der Waals surface area contributed by atoms with Crippen LogP contribution in [0.3, 0.4) is 0 Å². The molecule has 1 aromatic rings. The number of thioether (sulfide) groups is 1. The summed E-state index contributed by atoms with van der Waals surface area (Å²) in [7, 11) is 0. The van der Waals surface area contributed by atoms with Crippen LogP contribution in [0.15, 0.2) is 17.0 Å². The summed E-state index contributed by atoms with van der Waals surface area (Å²) in [4.78, 5) is 11.0. The van der Waals surface area contributed by atoms with Crippen molar-refractivity contribution in [2.75, 3.05) is 18.9 Å². The van der Waals surface area contributed by atoms with Gasteiger partial charge in [-0.3, -0.25) is 4.79 Å². The number of halogens is 2. The molecule has 0 saturated heterocycles. The van der Waals surface area contributed by atoms with Gasteiger partial charge in [-0.2, -0.15) is 0 Å². The van der Waals surface area contributed by atoms with Gasteiger partial charge in [0.05, 0.1) is 17.3 Å². The summed E-state index contributed by atoms with van der Waals surface area (Å²) in [6, 6.07) is 2.55. The van der Waals surface area contributed by atoms with Gasteiger partial charge in [-0.25, -0.2) is 8.78 Å². The number of benzene rings is 1. The van der Waals surface area contributed by atoms with Gasteiger partial charge in [-0.05, 0) is 31.2 Å². The van der Waals surface area contributed by atoms with Crippen molar-refractivity contribution in [1.29, 1.82) is 0 Å². The molecule has 1 aromatic carbocycles. The summed E-state index contributed by atoms with van der Waals surface area (Å²) in [5, 5.41) is 2.99. The number of rotatable bonds is 7. The number of esters is 1. The van der Waals surface area contributed by atoms with E-state index in [-0.39, 0.29) is 17.3 Å². The summed E-state index contributed by atoms with van der Waals surface area (Å²) >= 11 is 0.809. The molecule has 0 aliphatic heterocycles. The highest BCUT2D eigenvalue weighted by Gasteiger charge is 2.14. The molecule has 0 heterocycles. The van der Waals surface area contributed by atoms with Crippen molar-refractivity contribution in [2.24, 2.45) is 0 Å². The van der Waals surface area contributed by atoms with Crippen LogP contribution in [-0.4, -0.2) is 24.9 Å². The average molecular weight is 289 g/mol. The van der Waals surface area contributed by atoms with Gasteiger partial charge in [0.1, 0.15) is 11.6 Å². The Kier molecular flexibility index (Phi) is 6.80. The van der Waals surface area contributed by atoms with Gasteiger partial charge in [-0.1, -0.05) is 6.92 Å². The van der Waals surface area contributed by atoms with Crippen LogP contribution in [0.5, 0.6) is 0 Å². The van der Waals surface area contributed by atoms with E-state index in [2.05, 4.69) is 5.32 Å². The fourth-order valence-electron chi connectivity index (χ4n) is 1.46. The first-order chi connectivity index (χ1) is 9.08. The van der Waals surface area contributed by atoms with E-state index < -0.39 is 17.6 Å². The second-order valence-electron chi connectivity index (χ2n) is 3.76. The van der Waals surface area contributed by atoms with Crippen molar-refractivity contribution in [3.05, 3.63) is 29.3 Å². The summed E-state index contributed by atoms with van der Waals surface area (Å²) in [6.07, 6.45) is 0. The molecule has 0 aromatic heterocycles. The Bertz CT molecular complexity index is 418. The second-order valence-corrected chi connectivity index (χ2v) is 4.75. The van der Waals surface area contributed by atoms with Crippen LogP contribution in [0, 0.1) is 11.6 Å². The SMILES string of the molecule is CCNCc1cc(F)c(SCC(=O)OCC)c(F)c1. The van der Waals surface area contributed by atoms with Crippen LogP contribution in [0.1, 0.15) is 19.4 Å². The third-order valence-corrected chi connectivity index (χ3v) is 3.34. The number of carbonyl (C=O) groups is 1. The van der Waals surface area contributed by atoms with Crippen molar-refractivity contribution in [2.45, 2.75) is 25.3 Å². The lowest BCUT2D eigenvalue weighted by atomic mass is 10.2. The Labute approximate surface area is 115 Å². The molecule has 0 unspecified atom stereocenters. The van der Waals surface area contributed by atoms with Crippen molar-refractivity contribution in [3.63, 3.8) is 0 Å². The van der Waals surface area contributed by atoms with Gasteiger partial charge in [0.2, 0.25) is 0 Å². The molecule has 106 valence electrons.